The summed E-state index contributed by atoms with van der Waals surface area (Å²) in [5.41, 5.74) is 6.84. The number of benzene rings is 1. The van der Waals surface area contributed by atoms with E-state index in [1.165, 1.54) is 30.2 Å². The Kier molecular flexibility index (Phi) is 2.60. The summed E-state index contributed by atoms with van der Waals surface area (Å²) in [6, 6.07) is 6.17. The van der Waals surface area contributed by atoms with E-state index < -0.39 is 0 Å². The number of rotatable bonds is 2. The molecule has 0 spiro atoms. The van der Waals surface area contributed by atoms with E-state index in [9.17, 15) is 4.39 Å². The Balaban J connectivity index is 1.95. The van der Waals surface area contributed by atoms with Gasteiger partial charge in [-0.05, 0) is 24.3 Å². The monoisotopic (exact) mass is 261 g/mol. The maximum atomic E-state index is 12.8. The average molecular weight is 261 g/mol. The lowest BCUT2D eigenvalue weighted by Gasteiger charge is -1.96. The van der Waals surface area contributed by atoms with Crippen LogP contribution in [0.25, 0.3) is 11.2 Å². The van der Waals surface area contributed by atoms with Crippen molar-refractivity contribution in [2.45, 2.75) is 10.1 Å². The summed E-state index contributed by atoms with van der Waals surface area (Å²) in [6.45, 7) is 0. The number of anilines is 1. The lowest BCUT2D eigenvalue weighted by atomic mass is 10.4. The summed E-state index contributed by atoms with van der Waals surface area (Å²) in [4.78, 5) is 16.1. The summed E-state index contributed by atoms with van der Waals surface area (Å²) in [5.74, 6) is 0.0949. The van der Waals surface area contributed by atoms with Crippen molar-refractivity contribution in [2.75, 3.05) is 5.73 Å². The van der Waals surface area contributed by atoms with Crippen molar-refractivity contribution in [3.05, 3.63) is 36.4 Å². The van der Waals surface area contributed by atoms with Gasteiger partial charge in [0, 0.05) is 4.90 Å². The van der Waals surface area contributed by atoms with Crippen molar-refractivity contribution in [1.29, 1.82) is 0 Å². The number of imidazole rings is 1. The van der Waals surface area contributed by atoms with Crippen molar-refractivity contribution in [3.8, 4) is 0 Å². The van der Waals surface area contributed by atoms with Crippen LogP contribution in [0.1, 0.15) is 0 Å². The Hall–Kier alpha value is -2.15. The van der Waals surface area contributed by atoms with Gasteiger partial charge in [-0.1, -0.05) is 11.8 Å². The molecule has 3 aromatic rings. The molecule has 0 fully saturated rings. The van der Waals surface area contributed by atoms with Gasteiger partial charge < -0.3 is 10.7 Å². The molecule has 3 N–H and O–H groups in total. The van der Waals surface area contributed by atoms with E-state index in [1.54, 1.807) is 12.1 Å². The van der Waals surface area contributed by atoms with Gasteiger partial charge in [0.05, 0.1) is 0 Å². The number of aromatic amines is 1. The topological polar surface area (TPSA) is 80.5 Å². The third-order valence-electron chi connectivity index (χ3n) is 2.32. The van der Waals surface area contributed by atoms with E-state index in [1.807, 2.05) is 0 Å². The highest BCUT2D eigenvalue weighted by Crippen LogP contribution is 2.27. The second-order valence-electron chi connectivity index (χ2n) is 3.56. The lowest BCUT2D eigenvalue weighted by Crippen LogP contribution is -1.91. The predicted octanol–water partition coefficient (Wildman–Crippen LogP) is 2.23. The van der Waals surface area contributed by atoms with Gasteiger partial charge in [0.25, 0.3) is 0 Å². The van der Waals surface area contributed by atoms with Crippen LogP contribution in [0, 0.1) is 5.82 Å². The van der Waals surface area contributed by atoms with Gasteiger partial charge in [-0.25, -0.2) is 19.3 Å². The number of nitrogens with two attached hydrogens (primary N) is 1. The van der Waals surface area contributed by atoms with Crippen LogP contribution in [0.15, 0.2) is 40.6 Å². The highest BCUT2D eigenvalue weighted by molar-refractivity contribution is 7.99. The Labute approximate surface area is 106 Å². The summed E-state index contributed by atoms with van der Waals surface area (Å²) in [5, 5.41) is 0.642. The fourth-order valence-electron chi connectivity index (χ4n) is 1.49. The molecule has 90 valence electrons. The number of hydrogen-bond donors (Lipinski definition) is 2. The van der Waals surface area contributed by atoms with Gasteiger partial charge in [0.2, 0.25) is 0 Å². The van der Waals surface area contributed by atoms with Gasteiger partial charge in [0.15, 0.2) is 16.6 Å². The molecule has 0 aliphatic heterocycles. The second kappa shape index (κ2) is 4.26. The number of aromatic nitrogens is 4. The first kappa shape index (κ1) is 11.0. The van der Waals surface area contributed by atoms with Crippen LogP contribution < -0.4 is 5.73 Å². The van der Waals surface area contributed by atoms with Crippen LogP contribution in [-0.2, 0) is 0 Å². The van der Waals surface area contributed by atoms with Crippen LogP contribution in [0.2, 0.25) is 0 Å². The average Bonchev–Trinajstić information content (AvgIpc) is 2.76. The van der Waals surface area contributed by atoms with Crippen molar-refractivity contribution in [3.63, 3.8) is 0 Å². The van der Waals surface area contributed by atoms with Crippen molar-refractivity contribution >= 4 is 28.7 Å². The zero-order chi connectivity index (χ0) is 12.5. The molecule has 18 heavy (non-hydrogen) atoms. The summed E-state index contributed by atoms with van der Waals surface area (Å²) in [6.07, 6.45) is 1.37. The molecule has 5 nitrogen and oxygen atoms in total. The highest BCUT2D eigenvalue weighted by Gasteiger charge is 2.08. The van der Waals surface area contributed by atoms with Gasteiger partial charge in [-0.3, -0.25) is 0 Å². The minimum absolute atomic E-state index is 0.265. The first-order chi connectivity index (χ1) is 8.72. The summed E-state index contributed by atoms with van der Waals surface area (Å²) in [7, 11) is 0. The molecule has 0 saturated carbocycles. The number of nitrogens with one attached hydrogen (secondary N) is 1. The minimum Gasteiger partial charge on any atom is -0.382 e. The fraction of sp³-hybridized carbons (Fsp3) is 0. The molecule has 2 aromatic heterocycles. The van der Waals surface area contributed by atoms with Crippen LogP contribution in [0.3, 0.4) is 0 Å². The standard InChI is InChI=1S/C11H8FN5S/c12-6-1-3-7(4-2-6)18-11-16-8-9(13)14-5-15-10(8)17-11/h1-5H,(H3,13,14,15,16,17). The number of H-pyrrole nitrogens is 1. The molecule has 0 bridgehead atoms. The van der Waals surface area contributed by atoms with E-state index >= 15 is 0 Å². The molecule has 0 amide bonds. The largest absolute Gasteiger partial charge is 0.382 e. The molecule has 3 rings (SSSR count). The molecule has 0 atom stereocenters. The van der Waals surface area contributed by atoms with Gasteiger partial charge >= 0.3 is 0 Å². The highest BCUT2D eigenvalue weighted by atomic mass is 32.2. The number of nitrogen functional groups attached to an aromatic ring is 1. The number of hydrogen-bond acceptors (Lipinski definition) is 5. The molecule has 0 aliphatic carbocycles. The van der Waals surface area contributed by atoms with E-state index in [2.05, 4.69) is 19.9 Å². The van der Waals surface area contributed by atoms with E-state index in [0.717, 1.165) is 4.90 Å². The maximum absolute atomic E-state index is 12.8. The molecule has 0 aliphatic rings. The van der Waals surface area contributed by atoms with Crippen LogP contribution >= 0.6 is 11.8 Å². The number of halogens is 1. The van der Waals surface area contributed by atoms with Gasteiger partial charge in [-0.15, -0.1) is 0 Å². The summed E-state index contributed by atoms with van der Waals surface area (Å²) < 4.78 is 12.8. The first-order valence-electron chi connectivity index (χ1n) is 5.12. The molecule has 2 heterocycles. The van der Waals surface area contributed by atoms with E-state index in [-0.39, 0.29) is 5.82 Å². The minimum atomic E-state index is -0.265. The Bertz CT molecular complexity index is 694. The first-order valence-corrected chi connectivity index (χ1v) is 5.93. The lowest BCUT2D eigenvalue weighted by molar-refractivity contribution is 0.626. The number of fused-ring (bicyclic) bond motifs is 1. The SMILES string of the molecule is Nc1ncnc2nc(Sc3ccc(F)cc3)[nH]c12. The molecule has 0 saturated heterocycles. The molecule has 0 radical (unpaired) electrons. The number of nitrogens with zero attached hydrogens (tertiary/aromatic N) is 3. The zero-order valence-electron chi connectivity index (χ0n) is 9.09. The third-order valence-corrected chi connectivity index (χ3v) is 3.22. The zero-order valence-corrected chi connectivity index (χ0v) is 9.91. The second-order valence-corrected chi connectivity index (χ2v) is 4.62. The molecular formula is C11H8FN5S. The Morgan fingerprint density at radius 3 is 2.67 bits per heavy atom. The fourth-order valence-corrected chi connectivity index (χ4v) is 2.27. The quantitative estimate of drug-likeness (QED) is 0.739. The van der Waals surface area contributed by atoms with Crippen LogP contribution in [0.4, 0.5) is 10.2 Å². The normalized spacial score (nSPS) is 10.9. The smallest absolute Gasteiger partial charge is 0.183 e. The van der Waals surface area contributed by atoms with Crippen molar-refractivity contribution in [1.82, 2.24) is 19.9 Å². The molecule has 1 aromatic carbocycles. The van der Waals surface area contributed by atoms with Crippen molar-refractivity contribution < 1.29 is 4.39 Å². The Morgan fingerprint density at radius 2 is 1.94 bits per heavy atom. The van der Waals surface area contributed by atoms with Crippen LogP contribution in [0.5, 0.6) is 0 Å². The molecular weight excluding hydrogens is 253 g/mol. The predicted molar refractivity (Wildman–Crippen MR) is 66.6 cm³/mol. The Morgan fingerprint density at radius 1 is 1.17 bits per heavy atom. The van der Waals surface area contributed by atoms with Gasteiger partial charge in [0.1, 0.15) is 17.7 Å². The van der Waals surface area contributed by atoms with Crippen molar-refractivity contribution in [2.24, 2.45) is 0 Å². The van der Waals surface area contributed by atoms with E-state index in [4.69, 9.17) is 5.73 Å². The van der Waals surface area contributed by atoms with Crippen LogP contribution in [-0.4, -0.2) is 19.9 Å². The summed E-state index contributed by atoms with van der Waals surface area (Å²) >= 11 is 1.37. The maximum Gasteiger partial charge on any atom is 0.183 e. The van der Waals surface area contributed by atoms with Gasteiger partial charge in [-0.2, -0.15) is 0 Å². The molecule has 0 unspecified atom stereocenters. The third kappa shape index (κ3) is 2.00. The van der Waals surface area contributed by atoms with E-state index in [0.29, 0.717) is 22.1 Å². The molecule has 7 heteroatoms.